The minimum atomic E-state index is -1.64. The van der Waals surface area contributed by atoms with Crippen LogP contribution in [-0.2, 0) is 4.74 Å². The highest BCUT2D eigenvalue weighted by Gasteiger charge is 2.44. The fourth-order valence-corrected chi connectivity index (χ4v) is 2.00. The minimum Gasteiger partial charge on any atom is -0.394 e. The van der Waals surface area contributed by atoms with E-state index in [2.05, 4.69) is 0 Å². The maximum Gasteiger partial charge on any atom is 0.330 e. The molecule has 7 N–H and O–H groups in total. The number of aliphatic hydroxyl groups excluding tert-OH is 4. The minimum absolute atomic E-state index is 0.290. The molecule has 0 amide bonds. The number of aromatic nitrogens is 2. The van der Waals surface area contributed by atoms with E-state index in [1.165, 1.54) is 0 Å². The number of hydrogen-bond acceptors (Lipinski definition) is 8. The molecule has 1 aliphatic rings. The molecule has 0 radical (unpaired) electrons. The molecular formula is C10H15N3O7. The van der Waals surface area contributed by atoms with E-state index in [-0.39, 0.29) is 5.69 Å². The maximum absolute atomic E-state index is 11.7. The maximum atomic E-state index is 11.7. The van der Waals surface area contributed by atoms with Crippen molar-refractivity contribution in [2.75, 3.05) is 12.3 Å². The lowest BCUT2D eigenvalue weighted by Gasteiger charge is -2.40. The number of aliphatic hydroxyl groups is 4. The molecule has 2 heterocycles. The molecule has 5 atom stereocenters. The van der Waals surface area contributed by atoms with Gasteiger partial charge in [-0.1, -0.05) is 0 Å². The van der Waals surface area contributed by atoms with Gasteiger partial charge in [-0.3, -0.25) is 14.3 Å². The standard InChI is InChI=1S/C10H15N3O7/c11-3-1-13(10(19)12-8(3)18)9-7(17)6(16)5(15)4(2-14)20-9/h1,4-7,9,14-17H,2,11H2,(H,12,18,19)/t4-,5+,6+,7+,9+/m0/s1. The second-order valence-electron chi connectivity index (χ2n) is 4.47. The van der Waals surface area contributed by atoms with Crippen molar-refractivity contribution in [1.82, 2.24) is 9.55 Å². The Balaban J connectivity index is 2.44. The summed E-state index contributed by atoms with van der Waals surface area (Å²) in [5.74, 6) is 0. The summed E-state index contributed by atoms with van der Waals surface area (Å²) in [4.78, 5) is 24.8. The number of nitrogens with one attached hydrogen (secondary N) is 1. The smallest absolute Gasteiger partial charge is 0.330 e. The van der Waals surface area contributed by atoms with E-state index in [1.807, 2.05) is 4.98 Å². The van der Waals surface area contributed by atoms with Crippen LogP contribution in [0.3, 0.4) is 0 Å². The SMILES string of the molecule is Nc1cn([C@@H]2O[C@@H](CO)[C@@H](O)[C@@H](O)[C@H]2O)c(=O)[nH]c1=O. The van der Waals surface area contributed by atoms with Crippen molar-refractivity contribution in [1.29, 1.82) is 0 Å². The fraction of sp³-hybridized carbons (Fsp3) is 0.600. The van der Waals surface area contributed by atoms with Gasteiger partial charge >= 0.3 is 5.69 Å². The first-order valence-corrected chi connectivity index (χ1v) is 5.78. The van der Waals surface area contributed by atoms with Gasteiger partial charge in [-0.15, -0.1) is 0 Å². The van der Waals surface area contributed by atoms with E-state index in [4.69, 9.17) is 15.6 Å². The second kappa shape index (κ2) is 5.34. The average Bonchev–Trinajstić information content (AvgIpc) is 2.41. The molecule has 1 aromatic rings. The van der Waals surface area contributed by atoms with Gasteiger partial charge in [0.25, 0.3) is 5.56 Å². The lowest BCUT2D eigenvalue weighted by atomic mass is 9.98. The summed E-state index contributed by atoms with van der Waals surface area (Å²) >= 11 is 0. The lowest BCUT2D eigenvalue weighted by molar-refractivity contribution is -0.252. The van der Waals surface area contributed by atoms with Crippen molar-refractivity contribution in [3.8, 4) is 0 Å². The topological polar surface area (TPSA) is 171 Å². The number of H-pyrrole nitrogens is 1. The normalized spacial score (nSPS) is 34.1. The summed E-state index contributed by atoms with van der Waals surface area (Å²) in [6.45, 7) is -0.630. The third-order valence-corrected chi connectivity index (χ3v) is 3.14. The summed E-state index contributed by atoms with van der Waals surface area (Å²) in [6.07, 6.45) is -6.44. The number of hydrogen-bond donors (Lipinski definition) is 6. The molecule has 0 saturated carbocycles. The predicted octanol–water partition coefficient (Wildman–Crippen LogP) is -3.91. The van der Waals surface area contributed by atoms with Crippen LogP contribution in [0.5, 0.6) is 0 Å². The van der Waals surface area contributed by atoms with E-state index in [0.717, 1.165) is 10.8 Å². The van der Waals surface area contributed by atoms with Gasteiger partial charge in [0.2, 0.25) is 0 Å². The molecule has 2 rings (SSSR count). The molecule has 1 saturated heterocycles. The van der Waals surface area contributed by atoms with Crippen LogP contribution < -0.4 is 17.0 Å². The number of rotatable bonds is 2. The molecule has 10 heteroatoms. The Labute approximate surface area is 111 Å². The first-order valence-electron chi connectivity index (χ1n) is 5.78. The van der Waals surface area contributed by atoms with Gasteiger partial charge in [0, 0.05) is 6.20 Å². The van der Waals surface area contributed by atoms with Gasteiger partial charge in [-0.25, -0.2) is 4.79 Å². The largest absolute Gasteiger partial charge is 0.394 e. The van der Waals surface area contributed by atoms with Gasteiger partial charge in [-0.2, -0.15) is 0 Å². The van der Waals surface area contributed by atoms with E-state index in [9.17, 15) is 24.9 Å². The summed E-state index contributed by atoms with van der Waals surface area (Å²) in [7, 11) is 0. The number of nitrogen functional groups attached to an aromatic ring is 1. The Morgan fingerprint density at radius 3 is 2.50 bits per heavy atom. The van der Waals surface area contributed by atoms with Crippen LogP contribution in [0.4, 0.5) is 5.69 Å². The third kappa shape index (κ3) is 2.34. The van der Waals surface area contributed by atoms with Crippen molar-refractivity contribution in [2.45, 2.75) is 30.6 Å². The van der Waals surface area contributed by atoms with Crippen LogP contribution >= 0.6 is 0 Å². The molecule has 0 bridgehead atoms. The fourth-order valence-electron chi connectivity index (χ4n) is 2.00. The molecule has 0 spiro atoms. The van der Waals surface area contributed by atoms with Gasteiger partial charge in [0.1, 0.15) is 30.1 Å². The highest BCUT2D eigenvalue weighted by atomic mass is 16.6. The molecule has 10 nitrogen and oxygen atoms in total. The zero-order chi connectivity index (χ0) is 15.0. The van der Waals surface area contributed by atoms with Crippen LogP contribution in [-0.4, -0.2) is 61.0 Å². The zero-order valence-electron chi connectivity index (χ0n) is 10.2. The number of ether oxygens (including phenoxy) is 1. The number of anilines is 1. The second-order valence-corrected chi connectivity index (χ2v) is 4.47. The summed E-state index contributed by atoms with van der Waals surface area (Å²) in [5.41, 5.74) is 3.37. The molecule has 112 valence electrons. The Hall–Kier alpha value is -1.72. The highest BCUT2D eigenvalue weighted by molar-refractivity contribution is 5.30. The van der Waals surface area contributed by atoms with E-state index >= 15 is 0 Å². The Bertz CT molecular complexity index is 595. The summed E-state index contributed by atoms with van der Waals surface area (Å²) in [5, 5.41) is 38.2. The van der Waals surface area contributed by atoms with E-state index in [0.29, 0.717) is 0 Å². The Kier molecular flexibility index (Phi) is 3.92. The highest BCUT2D eigenvalue weighted by Crippen LogP contribution is 2.27. The zero-order valence-corrected chi connectivity index (χ0v) is 10.2. The van der Waals surface area contributed by atoms with Crippen LogP contribution in [0.1, 0.15) is 6.23 Å². The monoisotopic (exact) mass is 289 g/mol. The van der Waals surface area contributed by atoms with Gasteiger partial charge in [-0.05, 0) is 0 Å². The first-order chi connectivity index (χ1) is 9.36. The third-order valence-electron chi connectivity index (χ3n) is 3.14. The number of nitrogens with two attached hydrogens (primary N) is 1. The first kappa shape index (κ1) is 14.7. The summed E-state index contributed by atoms with van der Waals surface area (Å²) in [6, 6.07) is 0. The molecule has 1 fully saturated rings. The number of nitrogens with zero attached hydrogens (tertiary/aromatic N) is 1. The van der Waals surface area contributed by atoms with E-state index in [1.54, 1.807) is 0 Å². The van der Waals surface area contributed by atoms with Crippen LogP contribution in [0.2, 0.25) is 0 Å². The molecule has 1 aliphatic heterocycles. The van der Waals surface area contributed by atoms with Gasteiger partial charge in [0.15, 0.2) is 6.23 Å². The van der Waals surface area contributed by atoms with Gasteiger partial charge < -0.3 is 30.9 Å². The summed E-state index contributed by atoms with van der Waals surface area (Å²) < 4.78 is 5.94. The lowest BCUT2D eigenvalue weighted by Crippen LogP contribution is -2.57. The Morgan fingerprint density at radius 2 is 1.90 bits per heavy atom. The van der Waals surface area contributed by atoms with Gasteiger partial charge in [0.05, 0.1) is 6.61 Å². The molecule has 0 unspecified atom stereocenters. The average molecular weight is 289 g/mol. The van der Waals surface area contributed by atoms with E-state index < -0.39 is 48.5 Å². The van der Waals surface area contributed by atoms with Crippen molar-refractivity contribution in [2.24, 2.45) is 0 Å². The van der Waals surface area contributed by atoms with Crippen molar-refractivity contribution in [3.63, 3.8) is 0 Å². The van der Waals surface area contributed by atoms with Crippen molar-refractivity contribution in [3.05, 3.63) is 27.0 Å². The van der Waals surface area contributed by atoms with Crippen molar-refractivity contribution >= 4 is 5.69 Å². The van der Waals surface area contributed by atoms with Crippen LogP contribution in [0, 0.1) is 0 Å². The predicted molar refractivity (Wildman–Crippen MR) is 64.8 cm³/mol. The van der Waals surface area contributed by atoms with Crippen LogP contribution in [0.15, 0.2) is 15.8 Å². The molecular weight excluding hydrogens is 274 g/mol. The Morgan fingerprint density at radius 1 is 1.25 bits per heavy atom. The molecule has 1 aromatic heterocycles. The molecule has 0 aliphatic carbocycles. The molecule has 20 heavy (non-hydrogen) atoms. The van der Waals surface area contributed by atoms with Crippen LogP contribution in [0.25, 0.3) is 0 Å². The number of aromatic amines is 1. The molecule has 0 aromatic carbocycles. The quantitative estimate of drug-likeness (QED) is 0.320. The van der Waals surface area contributed by atoms with Crippen molar-refractivity contribution < 1.29 is 25.2 Å².